The van der Waals surface area contributed by atoms with Crippen LogP contribution in [0.15, 0.2) is 6.07 Å². The number of nitrogen functional groups attached to an aromatic ring is 1. The molecule has 0 saturated carbocycles. The molecule has 1 heterocycles. The fraction of sp³-hybridized carbons (Fsp3) is 0.636. The van der Waals surface area contributed by atoms with Crippen LogP contribution < -0.4 is 16.4 Å². The van der Waals surface area contributed by atoms with E-state index in [1.54, 1.807) is 6.07 Å². The first-order valence-corrected chi connectivity index (χ1v) is 6.10. The quantitative estimate of drug-likeness (QED) is 0.668. The van der Waals surface area contributed by atoms with Gasteiger partial charge < -0.3 is 16.4 Å². The molecule has 0 spiro atoms. The zero-order chi connectivity index (χ0) is 14.3. The Morgan fingerprint density at radius 3 is 2.26 bits per heavy atom. The fourth-order valence-electron chi connectivity index (χ4n) is 1.41. The van der Waals surface area contributed by atoms with Crippen LogP contribution in [0.3, 0.4) is 0 Å². The highest BCUT2D eigenvalue weighted by Crippen LogP contribution is 2.21. The van der Waals surface area contributed by atoms with Gasteiger partial charge in [0.05, 0.1) is 0 Å². The SMILES string of the molecule is CCCNc1cc(NCCCC(F)(F)F)nc(N)n1. The van der Waals surface area contributed by atoms with Crippen LogP contribution in [-0.2, 0) is 0 Å². The molecule has 0 atom stereocenters. The van der Waals surface area contributed by atoms with E-state index in [1.807, 2.05) is 6.92 Å². The van der Waals surface area contributed by atoms with Crippen molar-refractivity contribution < 1.29 is 13.2 Å². The van der Waals surface area contributed by atoms with Crippen molar-refractivity contribution in [1.82, 2.24) is 9.97 Å². The predicted molar refractivity (Wildman–Crippen MR) is 69.0 cm³/mol. The summed E-state index contributed by atoms with van der Waals surface area (Å²) in [4.78, 5) is 7.88. The normalized spacial score (nSPS) is 11.4. The molecule has 0 aliphatic rings. The molecule has 0 aliphatic carbocycles. The zero-order valence-electron chi connectivity index (χ0n) is 10.7. The van der Waals surface area contributed by atoms with E-state index in [0.717, 1.165) is 13.0 Å². The number of rotatable bonds is 7. The summed E-state index contributed by atoms with van der Waals surface area (Å²) in [5.41, 5.74) is 5.52. The molecular weight excluding hydrogens is 259 g/mol. The molecule has 0 amide bonds. The lowest BCUT2D eigenvalue weighted by Crippen LogP contribution is -2.12. The Morgan fingerprint density at radius 2 is 1.74 bits per heavy atom. The van der Waals surface area contributed by atoms with E-state index < -0.39 is 12.6 Å². The van der Waals surface area contributed by atoms with E-state index >= 15 is 0 Å². The Balaban J connectivity index is 2.46. The van der Waals surface area contributed by atoms with Crippen LogP contribution in [-0.4, -0.2) is 29.2 Å². The van der Waals surface area contributed by atoms with Crippen LogP contribution in [0.4, 0.5) is 30.8 Å². The highest BCUT2D eigenvalue weighted by molar-refractivity contribution is 5.50. The molecule has 0 aromatic carbocycles. The van der Waals surface area contributed by atoms with Gasteiger partial charge in [0.15, 0.2) is 0 Å². The summed E-state index contributed by atoms with van der Waals surface area (Å²) in [5, 5.41) is 5.84. The number of nitrogens with two attached hydrogens (primary N) is 1. The lowest BCUT2D eigenvalue weighted by atomic mass is 10.3. The maximum absolute atomic E-state index is 12.0. The number of anilines is 3. The van der Waals surface area contributed by atoms with E-state index in [1.165, 1.54) is 0 Å². The fourth-order valence-corrected chi connectivity index (χ4v) is 1.41. The number of nitrogens with zero attached hydrogens (tertiary/aromatic N) is 2. The van der Waals surface area contributed by atoms with Gasteiger partial charge in [0, 0.05) is 25.6 Å². The molecule has 0 bridgehead atoms. The number of hydrogen-bond acceptors (Lipinski definition) is 5. The highest BCUT2D eigenvalue weighted by Gasteiger charge is 2.25. The summed E-state index contributed by atoms with van der Waals surface area (Å²) < 4.78 is 35.9. The van der Waals surface area contributed by atoms with Gasteiger partial charge in [-0.05, 0) is 12.8 Å². The third-order valence-electron chi connectivity index (χ3n) is 2.24. The van der Waals surface area contributed by atoms with Crippen molar-refractivity contribution >= 4 is 17.6 Å². The maximum Gasteiger partial charge on any atom is 0.389 e. The van der Waals surface area contributed by atoms with Crippen LogP contribution in [0.25, 0.3) is 0 Å². The lowest BCUT2D eigenvalue weighted by Gasteiger charge is -2.10. The molecule has 5 nitrogen and oxygen atoms in total. The average molecular weight is 277 g/mol. The Labute approximate surface area is 109 Å². The van der Waals surface area contributed by atoms with Crippen LogP contribution >= 0.6 is 0 Å². The largest absolute Gasteiger partial charge is 0.389 e. The van der Waals surface area contributed by atoms with E-state index in [0.29, 0.717) is 11.6 Å². The Morgan fingerprint density at radius 1 is 1.16 bits per heavy atom. The highest BCUT2D eigenvalue weighted by atomic mass is 19.4. The van der Waals surface area contributed by atoms with Crippen molar-refractivity contribution in [3.63, 3.8) is 0 Å². The smallest absolute Gasteiger partial charge is 0.370 e. The minimum atomic E-state index is -4.12. The van der Waals surface area contributed by atoms with Crippen molar-refractivity contribution in [3.8, 4) is 0 Å². The van der Waals surface area contributed by atoms with Gasteiger partial charge >= 0.3 is 6.18 Å². The van der Waals surface area contributed by atoms with E-state index in [-0.39, 0.29) is 18.9 Å². The summed E-state index contributed by atoms with van der Waals surface area (Å²) in [6, 6.07) is 1.62. The zero-order valence-corrected chi connectivity index (χ0v) is 10.7. The van der Waals surface area contributed by atoms with Crippen LogP contribution in [0.5, 0.6) is 0 Å². The third-order valence-corrected chi connectivity index (χ3v) is 2.24. The molecule has 0 fully saturated rings. The molecule has 8 heteroatoms. The summed E-state index contributed by atoms with van der Waals surface area (Å²) in [6.07, 6.45) is -4.02. The van der Waals surface area contributed by atoms with Crippen LogP contribution in [0.2, 0.25) is 0 Å². The molecule has 1 aromatic rings. The maximum atomic E-state index is 12.0. The molecule has 0 saturated heterocycles. The minimum absolute atomic E-state index is 0.00880. The second kappa shape index (κ2) is 7.01. The van der Waals surface area contributed by atoms with E-state index in [2.05, 4.69) is 20.6 Å². The van der Waals surface area contributed by atoms with Gasteiger partial charge in [-0.25, -0.2) is 0 Å². The first kappa shape index (κ1) is 15.3. The van der Waals surface area contributed by atoms with Crippen molar-refractivity contribution in [2.45, 2.75) is 32.4 Å². The lowest BCUT2D eigenvalue weighted by molar-refractivity contribution is -0.134. The van der Waals surface area contributed by atoms with Gasteiger partial charge in [0.1, 0.15) is 11.6 Å². The molecular formula is C11H18F3N5. The Hall–Kier alpha value is -1.73. The number of halogens is 3. The first-order chi connectivity index (χ1) is 8.90. The third kappa shape index (κ3) is 6.68. The van der Waals surface area contributed by atoms with Crippen molar-refractivity contribution in [2.24, 2.45) is 0 Å². The van der Waals surface area contributed by atoms with Gasteiger partial charge in [-0.1, -0.05) is 6.92 Å². The second-order valence-corrected chi connectivity index (χ2v) is 4.07. The Kier molecular flexibility index (Phi) is 5.65. The Bertz CT molecular complexity index is 394. The monoisotopic (exact) mass is 277 g/mol. The topological polar surface area (TPSA) is 75.9 Å². The van der Waals surface area contributed by atoms with Crippen molar-refractivity contribution in [2.75, 3.05) is 29.5 Å². The first-order valence-electron chi connectivity index (χ1n) is 6.10. The van der Waals surface area contributed by atoms with Gasteiger partial charge in [0.2, 0.25) is 5.95 Å². The van der Waals surface area contributed by atoms with Crippen molar-refractivity contribution in [1.29, 1.82) is 0 Å². The molecule has 4 N–H and O–H groups in total. The summed E-state index contributed by atoms with van der Waals surface area (Å²) in [7, 11) is 0. The minimum Gasteiger partial charge on any atom is -0.370 e. The van der Waals surface area contributed by atoms with Gasteiger partial charge in [-0.2, -0.15) is 23.1 Å². The standard InChI is InChI=1S/C11H18F3N5/c1-2-5-16-8-7-9(19-10(15)18-8)17-6-3-4-11(12,13)14/h7H,2-6H2,1H3,(H4,15,16,17,18,19). The number of nitrogens with one attached hydrogen (secondary N) is 2. The molecule has 1 aromatic heterocycles. The predicted octanol–water partition coefficient (Wildman–Crippen LogP) is 2.64. The molecule has 108 valence electrons. The average Bonchev–Trinajstić information content (AvgIpc) is 2.30. The number of hydrogen-bond donors (Lipinski definition) is 3. The molecule has 0 unspecified atom stereocenters. The van der Waals surface area contributed by atoms with Gasteiger partial charge in [-0.3, -0.25) is 0 Å². The summed E-state index contributed by atoms with van der Waals surface area (Å²) in [6.45, 7) is 2.93. The van der Waals surface area contributed by atoms with Crippen molar-refractivity contribution in [3.05, 3.63) is 6.07 Å². The number of alkyl halides is 3. The number of aromatic nitrogens is 2. The van der Waals surface area contributed by atoms with Gasteiger partial charge in [0.25, 0.3) is 0 Å². The molecule has 1 rings (SSSR count). The summed E-state index contributed by atoms with van der Waals surface area (Å²) in [5.74, 6) is 1.07. The molecule has 19 heavy (non-hydrogen) atoms. The van der Waals surface area contributed by atoms with E-state index in [9.17, 15) is 13.2 Å². The van der Waals surface area contributed by atoms with Gasteiger partial charge in [-0.15, -0.1) is 0 Å². The van der Waals surface area contributed by atoms with Crippen LogP contribution in [0, 0.1) is 0 Å². The second-order valence-electron chi connectivity index (χ2n) is 4.07. The van der Waals surface area contributed by atoms with Crippen LogP contribution in [0.1, 0.15) is 26.2 Å². The molecule has 0 radical (unpaired) electrons. The van der Waals surface area contributed by atoms with E-state index in [4.69, 9.17) is 5.73 Å². The molecule has 0 aliphatic heterocycles. The summed E-state index contributed by atoms with van der Waals surface area (Å²) >= 11 is 0.